The first kappa shape index (κ1) is 14.1. The second-order valence-corrected chi connectivity index (χ2v) is 5.63. The van der Waals surface area contributed by atoms with Gasteiger partial charge >= 0.3 is 12.0 Å². The van der Waals surface area contributed by atoms with E-state index in [0.717, 1.165) is 25.7 Å². The van der Waals surface area contributed by atoms with Crippen LogP contribution in [0.15, 0.2) is 0 Å². The highest BCUT2D eigenvalue weighted by Gasteiger charge is 2.49. The molecule has 2 aliphatic carbocycles. The number of aliphatic carboxylic acids is 1. The van der Waals surface area contributed by atoms with Crippen molar-refractivity contribution in [2.45, 2.75) is 57.2 Å². The van der Waals surface area contributed by atoms with Gasteiger partial charge in [-0.1, -0.05) is 0 Å². The van der Waals surface area contributed by atoms with Gasteiger partial charge in [-0.05, 0) is 45.4 Å². The average Bonchev–Trinajstić information content (AvgIpc) is 3.09. The minimum Gasteiger partial charge on any atom is -0.480 e. The highest BCUT2D eigenvalue weighted by molar-refractivity contribution is 5.86. The Balaban J connectivity index is 1.76. The Bertz CT molecular complexity index is 364. The molecule has 1 unspecified atom stereocenters. The molecule has 0 aromatic carbocycles. The van der Waals surface area contributed by atoms with Crippen LogP contribution in [-0.2, 0) is 9.53 Å². The minimum absolute atomic E-state index is 0.0494. The lowest BCUT2D eigenvalue weighted by Crippen LogP contribution is -2.59. The molecule has 6 nitrogen and oxygen atoms in total. The molecule has 2 rings (SSSR count). The third-order valence-corrected chi connectivity index (χ3v) is 4.04. The summed E-state index contributed by atoms with van der Waals surface area (Å²) >= 11 is 0. The van der Waals surface area contributed by atoms with Crippen LogP contribution in [0.1, 0.15) is 39.5 Å². The van der Waals surface area contributed by atoms with Gasteiger partial charge in [0.15, 0.2) is 0 Å². The van der Waals surface area contributed by atoms with Gasteiger partial charge in [0.1, 0.15) is 5.54 Å². The van der Waals surface area contributed by atoms with Crippen LogP contribution in [0.2, 0.25) is 0 Å². The molecule has 1 atom stereocenters. The maximum absolute atomic E-state index is 11.8. The number of ether oxygens (including phenoxy) is 1. The largest absolute Gasteiger partial charge is 0.480 e. The van der Waals surface area contributed by atoms with Crippen LogP contribution in [0, 0.1) is 5.92 Å². The quantitative estimate of drug-likeness (QED) is 0.674. The fourth-order valence-electron chi connectivity index (χ4n) is 2.50. The molecule has 0 aliphatic heterocycles. The molecule has 0 radical (unpaired) electrons. The molecule has 2 aliphatic rings. The van der Waals surface area contributed by atoms with E-state index in [0.29, 0.717) is 6.61 Å². The van der Waals surface area contributed by atoms with Crippen molar-refractivity contribution in [3.05, 3.63) is 0 Å². The lowest BCUT2D eigenvalue weighted by Gasteiger charge is -2.36. The minimum atomic E-state index is -1.15. The van der Waals surface area contributed by atoms with E-state index >= 15 is 0 Å². The van der Waals surface area contributed by atoms with Crippen LogP contribution in [0.25, 0.3) is 0 Å². The van der Waals surface area contributed by atoms with E-state index in [1.807, 2.05) is 6.92 Å². The van der Waals surface area contributed by atoms with Crippen molar-refractivity contribution < 1.29 is 19.4 Å². The van der Waals surface area contributed by atoms with Crippen LogP contribution >= 0.6 is 0 Å². The topological polar surface area (TPSA) is 87.7 Å². The van der Waals surface area contributed by atoms with Crippen molar-refractivity contribution in [1.82, 2.24) is 10.6 Å². The van der Waals surface area contributed by atoms with Gasteiger partial charge in [0.05, 0.1) is 6.10 Å². The molecule has 3 N–H and O–H groups in total. The third kappa shape index (κ3) is 3.18. The molecule has 108 valence electrons. The summed E-state index contributed by atoms with van der Waals surface area (Å²) in [4.78, 5) is 23.1. The molecule has 2 fully saturated rings. The Morgan fingerprint density at radius 2 is 2.00 bits per heavy atom. The number of amides is 2. The van der Waals surface area contributed by atoms with Crippen molar-refractivity contribution >= 4 is 12.0 Å². The Labute approximate surface area is 112 Å². The van der Waals surface area contributed by atoms with E-state index in [1.54, 1.807) is 6.92 Å². The molecule has 0 spiro atoms. The van der Waals surface area contributed by atoms with Gasteiger partial charge in [0.25, 0.3) is 0 Å². The number of nitrogens with one attached hydrogen (secondary N) is 2. The zero-order valence-corrected chi connectivity index (χ0v) is 11.4. The Morgan fingerprint density at radius 3 is 2.47 bits per heavy atom. The van der Waals surface area contributed by atoms with Gasteiger partial charge in [-0.25, -0.2) is 9.59 Å². The van der Waals surface area contributed by atoms with Crippen molar-refractivity contribution in [2.75, 3.05) is 6.61 Å². The SMILES string of the molecule is CCOC1CC(NC(=O)NC(C)(C(=O)O)C2CC2)C1. The van der Waals surface area contributed by atoms with Gasteiger partial charge in [0, 0.05) is 12.6 Å². The van der Waals surface area contributed by atoms with Crippen LogP contribution in [0.3, 0.4) is 0 Å². The predicted molar refractivity (Wildman–Crippen MR) is 68.9 cm³/mol. The van der Waals surface area contributed by atoms with Crippen molar-refractivity contribution in [3.63, 3.8) is 0 Å². The van der Waals surface area contributed by atoms with E-state index in [4.69, 9.17) is 4.74 Å². The second-order valence-electron chi connectivity index (χ2n) is 5.63. The highest BCUT2D eigenvalue weighted by atomic mass is 16.5. The zero-order valence-electron chi connectivity index (χ0n) is 11.4. The summed E-state index contributed by atoms with van der Waals surface area (Å²) < 4.78 is 5.41. The maximum atomic E-state index is 11.8. The van der Waals surface area contributed by atoms with Crippen molar-refractivity contribution in [3.8, 4) is 0 Å². The summed E-state index contributed by atoms with van der Waals surface area (Å²) in [7, 11) is 0. The second kappa shape index (κ2) is 5.36. The van der Waals surface area contributed by atoms with E-state index in [-0.39, 0.29) is 18.1 Å². The van der Waals surface area contributed by atoms with Gasteiger partial charge in [-0.2, -0.15) is 0 Å². The summed E-state index contributed by atoms with van der Waals surface area (Å²) in [6.45, 7) is 4.21. The number of urea groups is 1. The molecule has 0 heterocycles. The lowest BCUT2D eigenvalue weighted by molar-refractivity contribution is -0.144. The number of carboxylic acid groups (broad SMARTS) is 1. The molecule has 0 aromatic heterocycles. The zero-order chi connectivity index (χ0) is 14.0. The summed E-state index contributed by atoms with van der Waals surface area (Å²) in [5, 5.41) is 14.7. The average molecular weight is 270 g/mol. The first-order valence-corrected chi connectivity index (χ1v) is 6.89. The smallest absolute Gasteiger partial charge is 0.329 e. The summed E-state index contributed by atoms with van der Waals surface area (Å²) in [6, 6.07) is -0.300. The van der Waals surface area contributed by atoms with Crippen LogP contribution in [-0.4, -0.2) is 41.4 Å². The maximum Gasteiger partial charge on any atom is 0.329 e. The molecule has 2 saturated carbocycles. The highest BCUT2D eigenvalue weighted by Crippen LogP contribution is 2.39. The fourth-order valence-corrected chi connectivity index (χ4v) is 2.50. The standard InChI is InChI=1S/C13H22N2O4/c1-3-19-10-6-9(7-10)14-12(18)15-13(2,11(16)17)8-4-5-8/h8-10H,3-7H2,1-2H3,(H,16,17)(H2,14,15,18). The van der Waals surface area contributed by atoms with Gasteiger partial charge in [0.2, 0.25) is 0 Å². The summed E-state index contributed by atoms with van der Waals surface area (Å²) in [5.41, 5.74) is -1.15. The van der Waals surface area contributed by atoms with Crippen LogP contribution in [0.4, 0.5) is 4.79 Å². The molecule has 0 aromatic rings. The van der Waals surface area contributed by atoms with Gasteiger partial charge in [-0.3, -0.25) is 0 Å². The number of carbonyl (C=O) groups is 2. The Kier molecular flexibility index (Phi) is 3.99. The first-order chi connectivity index (χ1) is 8.95. The molecule has 19 heavy (non-hydrogen) atoms. The molecular formula is C13H22N2O4. The monoisotopic (exact) mass is 270 g/mol. The number of hydrogen-bond donors (Lipinski definition) is 3. The van der Waals surface area contributed by atoms with E-state index in [1.165, 1.54) is 0 Å². The van der Waals surface area contributed by atoms with Crippen molar-refractivity contribution in [1.29, 1.82) is 0 Å². The number of hydrogen-bond acceptors (Lipinski definition) is 3. The van der Waals surface area contributed by atoms with Gasteiger partial charge in [-0.15, -0.1) is 0 Å². The van der Waals surface area contributed by atoms with E-state index in [2.05, 4.69) is 10.6 Å². The fraction of sp³-hybridized carbons (Fsp3) is 0.846. The third-order valence-electron chi connectivity index (χ3n) is 4.04. The van der Waals surface area contributed by atoms with Crippen LogP contribution in [0.5, 0.6) is 0 Å². The molecular weight excluding hydrogens is 248 g/mol. The lowest BCUT2D eigenvalue weighted by atomic mass is 9.89. The molecule has 0 bridgehead atoms. The summed E-state index contributed by atoms with van der Waals surface area (Å²) in [6.07, 6.45) is 3.55. The van der Waals surface area contributed by atoms with Crippen LogP contribution < -0.4 is 10.6 Å². The van der Waals surface area contributed by atoms with Crippen molar-refractivity contribution in [2.24, 2.45) is 5.92 Å². The van der Waals surface area contributed by atoms with E-state index in [9.17, 15) is 14.7 Å². The molecule has 0 saturated heterocycles. The van der Waals surface area contributed by atoms with E-state index < -0.39 is 17.5 Å². The first-order valence-electron chi connectivity index (χ1n) is 6.89. The van der Waals surface area contributed by atoms with Gasteiger partial charge < -0.3 is 20.5 Å². The number of carbonyl (C=O) groups excluding carboxylic acids is 1. The number of rotatable bonds is 6. The molecule has 2 amide bonds. The normalized spacial score (nSPS) is 28.9. The molecule has 6 heteroatoms. The Morgan fingerprint density at radius 1 is 1.37 bits per heavy atom. The Hall–Kier alpha value is -1.30. The summed E-state index contributed by atoms with van der Waals surface area (Å²) in [5.74, 6) is -0.917. The predicted octanol–water partition coefficient (Wildman–Crippen LogP) is 1.11. The number of carboxylic acids is 1.